The van der Waals surface area contributed by atoms with Crippen LogP contribution in [0.2, 0.25) is 0 Å². The van der Waals surface area contributed by atoms with Crippen LogP contribution in [0.5, 0.6) is 0 Å². The Kier molecular flexibility index (Phi) is 11.4. The molecule has 0 rings (SSSR count). The summed E-state index contributed by atoms with van der Waals surface area (Å²) >= 11 is 0. The average Bonchev–Trinajstić information content (AvgIpc) is 2.32. The van der Waals surface area contributed by atoms with E-state index in [2.05, 4.69) is 19.2 Å². The van der Waals surface area contributed by atoms with Gasteiger partial charge in [-0.1, -0.05) is 20.3 Å². The number of ether oxygens (including phenoxy) is 1. The van der Waals surface area contributed by atoms with Crippen LogP contribution < -0.4 is 11.1 Å². The first-order chi connectivity index (χ1) is 8.24. The second kappa shape index (κ2) is 11.9. The smallest absolute Gasteiger partial charge is 0.222 e. The van der Waals surface area contributed by atoms with Crippen molar-refractivity contribution in [3.63, 3.8) is 0 Å². The molecule has 4 heteroatoms. The van der Waals surface area contributed by atoms with Crippen LogP contribution in [0.15, 0.2) is 0 Å². The number of carbonyl (C=O) groups excluding carboxylic acids is 1. The van der Waals surface area contributed by atoms with Gasteiger partial charge in [0.2, 0.25) is 5.91 Å². The molecule has 0 fully saturated rings. The molecule has 4 nitrogen and oxygen atoms in total. The molecular formula is C13H28N2O2. The zero-order valence-electron chi connectivity index (χ0n) is 11.3. The third-order valence-electron chi connectivity index (χ3n) is 2.68. The first kappa shape index (κ1) is 16.4. The summed E-state index contributed by atoms with van der Waals surface area (Å²) in [6.07, 6.45) is 4.71. The van der Waals surface area contributed by atoms with E-state index < -0.39 is 0 Å². The monoisotopic (exact) mass is 244 g/mol. The average molecular weight is 244 g/mol. The normalized spacial score (nSPS) is 12.4. The van der Waals surface area contributed by atoms with Crippen molar-refractivity contribution in [3.05, 3.63) is 0 Å². The van der Waals surface area contributed by atoms with Crippen LogP contribution in [0.3, 0.4) is 0 Å². The quantitative estimate of drug-likeness (QED) is 0.544. The maximum absolute atomic E-state index is 11.5. The fourth-order valence-electron chi connectivity index (χ4n) is 1.75. The maximum Gasteiger partial charge on any atom is 0.222 e. The number of nitrogens with two attached hydrogens (primary N) is 1. The SMILES string of the molecule is CCCOCCC(=O)NCC(CCC)CCN. The molecule has 17 heavy (non-hydrogen) atoms. The number of amides is 1. The van der Waals surface area contributed by atoms with Crippen molar-refractivity contribution in [1.29, 1.82) is 0 Å². The molecule has 0 aliphatic rings. The van der Waals surface area contributed by atoms with Gasteiger partial charge in [0.05, 0.1) is 6.61 Å². The largest absolute Gasteiger partial charge is 0.381 e. The molecular weight excluding hydrogens is 216 g/mol. The van der Waals surface area contributed by atoms with E-state index in [9.17, 15) is 4.79 Å². The summed E-state index contributed by atoms with van der Waals surface area (Å²) in [5, 5.41) is 2.95. The van der Waals surface area contributed by atoms with Gasteiger partial charge >= 0.3 is 0 Å². The summed E-state index contributed by atoms with van der Waals surface area (Å²) in [6, 6.07) is 0. The number of carbonyl (C=O) groups is 1. The second-order valence-electron chi connectivity index (χ2n) is 4.40. The lowest BCUT2D eigenvalue weighted by molar-refractivity contribution is -0.122. The topological polar surface area (TPSA) is 64.3 Å². The minimum atomic E-state index is 0.0826. The summed E-state index contributed by atoms with van der Waals surface area (Å²) in [5.41, 5.74) is 5.55. The molecule has 0 aromatic heterocycles. The van der Waals surface area contributed by atoms with E-state index >= 15 is 0 Å². The molecule has 0 saturated heterocycles. The summed E-state index contributed by atoms with van der Waals surface area (Å²) < 4.78 is 5.27. The maximum atomic E-state index is 11.5. The molecule has 0 aliphatic carbocycles. The molecule has 1 amide bonds. The zero-order chi connectivity index (χ0) is 12.9. The molecule has 1 atom stereocenters. The molecule has 0 radical (unpaired) electrons. The lowest BCUT2D eigenvalue weighted by Gasteiger charge is -2.15. The van der Waals surface area contributed by atoms with E-state index in [-0.39, 0.29) is 5.91 Å². The lowest BCUT2D eigenvalue weighted by atomic mass is 10.00. The summed E-state index contributed by atoms with van der Waals surface area (Å²) in [6.45, 7) is 6.91. The number of nitrogens with one attached hydrogen (secondary N) is 1. The molecule has 0 spiro atoms. The van der Waals surface area contributed by atoms with Crippen LogP contribution in [0.1, 0.15) is 46.0 Å². The van der Waals surface area contributed by atoms with Crippen LogP contribution in [-0.2, 0) is 9.53 Å². The van der Waals surface area contributed by atoms with Gasteiger partial charge in [-0.3, -0.25) is 4.79 Å². The molecule has 0 aromatic rings. The van der Waals surface area contributed by atoms with E-state index in [1.54, 1.807) is 0 Å². The summed E-state index contributed by atoms with van der Waals surface area (Å²) in [4.78, 5) is 11.5. The van der Waals surface area contributed by atoms with E-state index in [1.165, 1.54) is 0 Å². The minimum Gasteiger partial charge on any atom is -0.381 e. The second-order valence-corrected chi connectivity index (χ2v) is 4.40. The highest BCUT2D eigenvalue weighted by Crippen LogP contribution is 2.08. The summed E-state index contributed by atoms with van der Waals surface area (Å²) in [7, 11) is 0. The van der Waals surface area contributed by atoms with Gasteiger partial charge in [-0.25, -0.2) is 0 Å². The van der Waals surface area contributed by atoms with Gasteiger partial charge in [-0.05, 0) is 31.7 Å². The van der Waals surface area contributed by atoms with Crippen molar-refractivity contribution in [2.45, 2.75) is 46.0 Å². The van der Waals surface area contributed by atoms with Crippen LogP contribution in [0, 0.1) is 5.92 Å². The predicted octanol–water partition coefficient (Wildman–Crippen LogP) is 1.68. The van der Waals surface area contributed by atoms with Crippen LogP contribution in [0.4, 0.5) is 0 Å². The first-order valence-electron chi connectivity index (χ1n) is 6.79. The van der Waals surface area contributed by atoms with E-state index in [4.69, 9.17) is 10.5 Å². The van der Waals surface area contributed by atoms with Crippen LogP contribution in [0.25, 0.3) is 0 Å². The third-order valence-corrected chi connectivity index (χ3v) is 2.68. The fourth-order valence-corrected chi connectivity index (χ4v) is 1.75. The highest BCUT2D eigenvalue weighted by atomic mass is 16.5. The molecule has 0 bridgehead atoms. The van der Waals surface area contributed by atoms with Crippen molar-refractivity contribution in [1.82, 2.24) is 5.32 Å². The van der Waals surface area contributed by atoms with Crippen LogP contribution >= 0.6 is 0 Å². The van der Waals surface area contributed by atoms with Gasteiger partial charge in [-0.15, -0.1) is 0 Å². The molecule has 0 heterocycles. The Morgan fingerprint density at radius 2 is 2.00 bits per heavy atom. The lowest BCUT2D eigenvalue weighted by Crippen LogP contribution is -2.31. The Morgan fingerprint density at radius 3 is 2.59 bits per heavy atom. The summed E-state index contributed by atoms with van der Waals surface area (Å²) in [5.74, 6) is 0.602. The molecule has 0 saturated carbocycles. The van der Waals surface area contributed by atoms with Gasteiger partial charge < -0.3 is 15.8 Å². The molecule has 102 valence electrons. The van der Waals surface area contributed by atoms with Crippen molar-refractivity contribution in [2.75, 3.05) is 26.3 Å². The highest BCUT2D eigenvalue weighted by molar-refractivity contribution is 5.75. The Morgan fingerprint density at radius 1 is 1.24 bits per heavy atom. The number of hydrogen-bond acceptors (Lipinski definition) is 3. The van der Waals surface area contributed by atoms with E-state index in [0.717, 1.165) is 38.8 Å². The molecule has 0 aromatic carbocycles. The first-order valence-corrected chi connectivity index (χ1v) is 6.79. The van der Waals surface area contributed by atoms with E-state index in [1.807, 2.05) is 0 Å². The van der Waals surface area contributed by atoms with Crippen molar-refractivity contribution in [2.24, 2.45) is 11.7 Å². The van der Waals surface area contributed by atoms with Gasteiger partial charge in [0.25, 0.3) is 0 Å². The van der Waals surface area contributed by atoms with Gasteiger partial charge in [0.15, 0.2) is 0 Å². The van der Waals surface area contributed by atoms with E-state index in [0.29, 0.717) is 25.5 Å². The Hall–Kier alpha value is -0.610. The standard InChI is InChI=1S/C13H28N2O2/c1-3-5-12(6-8-14)11-15-13(16)7-10-17-9-4-2/h12H,3-11,14H2,1-2H3,(H,15,16). The Balaban J connectivity index is 3.57. The number of rotatable bonds is 11. The van der Waals surface area contributed by atoms with Crippen LogP contribution in [-0.4, -0.2) is 32.2 Å². The van der Waals surface area contributed by atoms with Crippen molar-refractivity contribution in [3.8, 4) is 0 Å². The number of hydrogen-bond donors (Lipinski definition) is 2. The van der Waals surface area contributed by atoms with Gasteiger partial charge in [0.1, 0.15) is 0 Å². The molecule has 3 N–H and O–H groups in total. The molecule has 0 aliphatic heterocycles. The van der Waals surface area contributed by atoms with Gasteiger partial charge in [0, 0.05) is 19.6 Å². The molecule has 1 unspecified atom stereocenters. The Bertz CT molecular complexity index is 180. The third kappa shape index (κ3) is 10.3. The van der Waals surface area contributed by atoms with Crippen molar-refractivity contribution < 1.29 is 9.53 Å². The van der Waals surface area contributed by atoms with Crippen molar-refractivity contribution >= 4 is 5.91 Å². The van der Waals surface area contributed by atoms with Gasteiger partial charge in [-0.2, -0.15) is 0 Å². The Labute approximate surface area is 105 Å². The fraction of sp³-hybridized carbons (Fsp3) is 0.923. The zero-order valence-corrected chi connectivity index (χ0v) is 11.3. The predicted molar refractivity (Wildman–Crippen MR) is 70.8 cm³/mol. The highest BCUT2D eigenvalue weighted by Gasteiger charge is 2.08. The minimum absolute atomic E-state index is 0.0826.